The zero-order valence-electron chi connectivity index (χ0n) is 16.2. The van der Waals surface area contributed by atoms with Crippen LogP contribution in [0.15, 0.2) is 40.9 Å². The van der Waals surface area contributed by atoms with Crippen molar-refractivity contribution in [3.8, 4) is 5.75 Å². The first kappa shape index (κ1) is 19.4. The van der Waals surface area contributed by atoms with E-state index in [1.54, 1.807) is 0 Å². The predicted octanol–water partition coefficient (Wildman–Crippen LogP) is 3.45. The standard InChI is InChI=1S/C22H26BrN3O2/c1-16-2-4-20(19(23)12-16)24-22(27)15-26-9-7-25(8-10-26)14-17-3-5-21-18(13-17)6-11-28-21/h2-5,12-13H,6-11,14-15H2,1H3,(H,24,27). The van der Waals surface area contributed by atoms with Crippen molar-refractivity contribution in [1.29, 1.82) is 0 Å². The lowest BCUT2D eigenvalue weighted by Gasteiger charge is -2.34. The molecule has 0 atom stereocenters. The highest BCUT2D eigenvalue weighted by Gasteiger charge is 2.20. The van der Waals surface area contributed by atoms with Gasteiger partial charge in [-0.3, -0.25) is 14.6 Å². The maximum absolute atomic E-state index is 12.4. The second kappa shape index (κ2) is 8.64. The van der Waals surface area contributed by atoms with E-state index < -0.39 is 0 Å². The number of hydrogen-bond acceptors (Lipinski definition) is 4. The van der Waals surface area contributed by atoms with Crippen molar-refractivity contribution >= 4 is 27.5 Å². The summed E-state index contributed by atoms with van der Waals surface area (Å²) in [6.07, 6.45) is 1.02. The van der Waals surface area contributed by atoms with Gasteiger partial charge in [-0.05, 0) is 57.7 Å². The fourth-order valence-corrected chi connectivity index (χ4v) is 4.41. The number of amides is 1. The Labute approximate surface area is 174 Å². The van der Waals surface area contributed by atoms with E-state index in [4.69, 9.17) is 4.74 Å². The van der Waals surface area contributed by atoms with Gasteiger partial charge in [0.1, 0.15) is 5.75 Å². The Kier molecular flexibility index (Phi) is 5.99. The molecular formula is C22H26BrN3O2. The number of aryl methyl sites for hydroxylation is 1. The van der Waals surface area contributed by atoms with Crippen LogP contribution < -0.4 is 10.1 Å². The second-order valence-electron chi connectivity index (χ2n) is 7.62. The highest BCUT2D eigenvalue weighted by Crippen LogP contribution is 2.26. The summed E-state index contributed by atoms with van der Waals surface area (Å²) in [5.41, 5.74) is 4.67. The zero-order valence-corrected chi connectivity index (χ0v) is 17.8. The number of piperazine rings is 1. The lowest BCUT2D eigenvalue weighted by molar-refractivity contribution is -0.117. The van der Waals surface area contributed by atoms with Crippen LogP contribution in [0, 0.1) is 6.92 Å². The molecule has 1 amide bonds. The quantitative estimate of drug-likeness (QED) is 0.768. The number of anilines is 1. The molecule has 0 unspecified atom stereocenters. The average molecular weight is 444 g/mol. The van der Waals surface area contributed by atoms with Crippen LogP contribution in [0.25, 0.3) is 0 Å². The van der Waals surface area contributed by atoms with Crippen molar-refractivity contribution in [2.24, 2.45) is 0 Å². The monoisotopic (exact) mass is 443 g/mol. The van der Waals surface area contributed by atoms with Crippen molar-refractivity contribution in [3.05, 3.63) is 57.6 Å². The Hall–Kier alpha value is -1.89. The van der Waals surface area contributed by atoms with Crippen molar-refractivity contribution < 1.29 is 9.53 Å². The second-order valence-corrected chi connectivity index (χ2v) is 8.48. The van der Waals surface area contributed by atoms with Crippen molar-refractivity contribution in [3.63, 3.8) is 0 Å². The summed E-state index contributed by atoms with van der Waals surface area (Å²) < 4.78 is 6.51. The summed E-state index contributed by atoms with van der Waals surface area (Å²) in [7, 11) is 0. The smallest absolute Gasteiger partial charge is 0.238 e. The summed E-state index contributed by atoms with van der Waals surface area (Å²) in [5.74, 6) is 1.08. The van der Waals surface area contributed by atoms with Gasteiger partial charge in [-0.15, -0.1) is 0 Å². The van der Waals surface area contributed by atoms with Gasteiger partial charge in [-0.1, -0.05) is 18.2 Å². The Balaban J connectivity index is 1.24. The van der Waals surface area contributed by atoms with Crippen molar-refractivity contribution in [2.45, 2.75) is 19.9 Å². The largest absolute Gasteiger partial charge is 0.493 e. The Morgan fingerprint density at radius 1 is 1.11 bits per heavy atom. The lowest BCUT2D eigenvalue weighted by Crippen LogP contribution is -2.48. The van der Waals surface area contributed by atoms with Gasteiger partial charge < -0.3 is 10.1 Å². The van der Waals surface area contributed by atoms with Crippen molar-refractivity contribution in [1.82, 2.24) is 9.80 Å². The third-order valence-electron chi connectivity index (χ3n) is 5.39. The van der Waals surface area contributed by atoms with Gasteiger partial charge in [0.25, 0.3) is 0 Å². The summed E-state index contributed by atoms with van der Waals surface area (Å²) in [6.45, 7) is 8.02. The molecule has 1 saturated heterocycles. The van der Waals surface area contributed by atoms with Crippen LogP contribution in [-0.4, -0.2) is 55.0 Å². The first-order valence-electron chi connectivity index (χ1n) is 9.82. The molecule has 28 heavy (non-hydrogen) atoms. The number of nitrogens with one attached hydrogen (secondary N) is 1. The van der Waals surface area contributed by atoms with E-state index in [1.807, 2.05) is 25.1 Å². The molecule has 0 radical (unpaired) electrons. The average Bonchev–Trinajstić information content (AvgIpc) is 3.13. The zero-order chi connectivity index (χ0) is 19.5. The SMILES string of the molecule is Cc1ccc(NC(=O)CN2CCN(Cc3ccc4c(c3)CCO4)CC2)c(Br)c1. The van der Waals surface area contributed by atoms with Crippen LogP contribution in [0.2, 0.25) is 0 Å². The van der Waals surface area contributed by atoms with Crippen LogP contribution in [0.1, 0.15) is 16.7 Å². The topological polar surface area (TPSA) is 44.8 Å². The van der Waals surface area contributed by atoms with Gasteiger partial charge in [0.15, 0.2) is 0 Å². The molecule has 0 spiro atoms. The molecule has 148 valence electrons. The molecule has 0 aromatic heterocycles. The van der Waals surface area contributed by atoms with Gasteiger partial charge in [0.2, 0.25) is 5.91 Å². The van der Waals surface area contributed by atoms with Crippen LogP contribution in [0.5, 0.6) is 5.75 Å². The molecule has 0 saturated carbocycles. The molecule has 2 aromatic carbocycles. The summed E-state index contributed by atoms with van der Waals surface area (Å²) >= 11 is 3.52. The highest BCUT2D eigenvalue weighted by atomic mass is 79.9. The minimum absolute atomic E-state index is 0.0385. The fraction of sp³-hybridized carbons (Fsp3) is 0.409. The Morgan fingerprint density at radius 2 is 1.89 bits per heavy atom. The van der Waals surface area contributed by atoms with Gasteiger partial charge in [0.05, 0.1) is 18.8 Å². The van der Waals surface area contributed by atoms with E-state index in [2.05, 4.69) is 49.2 Å². The van der Waals surface area contributed by atoms with Crippen LogP contribution in [-0.2, 0) is 17.8 Å². The minimum atomic E-state index is 0.0385. The maximum atomic E-state index is 12.4. The van der Waals surface area contributed by atoms with Crippen LogP contribution >= 0.6 is 15.9 Å². The molecule has 0 aliphatic carbocycles. The number of rotatable bonds is 5. The normalized spacial score (nSPS) is 17.2. The van der Waals surface area contributed by atoms with E-state index in [0.29, 0.717) is 6.54 Å². The van der Waals surface area contributed by atoms with E-state index in [9.17, 15) is 4.79 Å². The van der Waals surface area contributed by atoms with E-state index >= 15 is 0 Å². The first-order valence-corrected chi connectivity index (χ1v) is 10.6. The molecule has 2 aromatic rings. The Morgan fingerprint density at radius 3 is 2.68 bits per heavy atom. The van der Waals surface area contributed by atoms with Gasteiger partial charge in [-0.2, -0.15) is 0 Å². The van der Waals surface area contributed by atoms with Gasteiger partial charge in [0, 0.05) is 43.6 Å². The molecule has 2 heterocycles. The number of halogens is 1. The van der Waals surface area contributed by atoms with E-state index in [1.165, 1.54) is 11.1 Å². The molecule has 5 nitrogen and oxygen atoms in total. The number of nitrogens with zero attached hydrogens (tertiary/aromatic N) is 2. The number of ether oxygens (including phenoxy) is 1. The summed E-state index contributed by atoms with van der Waals surface area (Å²) in [5, 5.41) is 3.01. The number of hydrogen-bond donors (Lipinski definition) is 1. The number of carbonyl (C=O) groups is 1. The highest BCUT2D eigenvalue weighted by molar-refractivity contribution is 9.10. The predicted molar refractivity (Wildman–Crippen MR) is 115 cm³/mol. The third-order valence-corrected chi connectivity index (χ3v) is 6.05. The molecule has 4 rings (SSSR count). The molecule has 0 bridgehead atoms. The first-order chi connectivity index (χ1) is 13.6. The molecule has 6 heteroatoms. The number of benzene rings is 2. The minimum Gasteiger partial charge on any atom is -0.493 e. The maximum Gasteiger partial charge on any atom is 0.238 e. The Bertz CT molecular complexity index is 863. The molecule has 1 fully saturated rings. The number of fused-ring (bicyclic) bond motifs is 1. The molecule has 2 aliphatic rings. The fourth-order valence-electron chi connectivity index (χ4n) is 3.82. The van der Waals surface area contributed by atoms with Crippen LogP contribution in [0.3, 0.4) is 0 Å². The number of carbonyl (C=O) groups excluding carboxylic acids is 1. The molecule has 1 N–H and O–H groups in total. The van der Waals surface area contributed by atoms with Gasteiger partial charge >= 0.3 is 0 Å². The third kappa shape index (κ3) is 4.74. The summed E-state index contributed by atoms with van der Waals surface area (Å²) in [6, 6.07) is 12.5. The molecule has 2 aliphatic heterocycles. The molecular weight excluding hydrogens is 418 g/mol. The lowest BCUT2D eigenvalue weighted by atomic mass is 10.1. The van der Waals surface area contributed by atoms with Gasteiger partial charge in [-0.25, -0.2) is 0 Å². The summed E-state index contributed by atoms with van der Waals surface area (Å²) in [4.78, 5) is 17.1. The van der Waals surface area contributed by atoms with Crippen LogP contribution in [0.4, 0.5) is 5.69 Å². The van der Waals surface area contributed by atoms with E-state index in [-0.39, 0.29) is 5.91 Å². The van der Waals surface area contributed by atoms with E-state index in [0.717, 1.165) is 67.2 Å². The van der Waals surface area contributed by atoms with Crippen molar-refractivity contribution in [2.75, 3.05) is 44.6 Å².